The summed E-state index contributed by atoms with van der Waals surface area (Å²) < 4.78 is 24.8. The lowest BCUT2D eigenvalue weighted by Gasteiger charge is -2.31. The molecule has 4 N–H and O–H groups in total. The molecule has 0 spiro atoms. The summed E-state index contributed by atoms with van der Waals surface area (Å²) in [5, 5.41) is 28.3. The van der Waals surface area contributed by atoms with E-state index in [1.165, 1.54) is 25.3 Å². The van der Waals surface area contributed by atoms with E-state index in [4.69, 9.17) is 9.47 Å². The number of fused-ring (bicyclic) bond motifs is 1. The first kappa shape index (κ1) is 22.0. The molecular formula is C23H27FN4O4. The summed E-state index contributed by atoms with van der Waals surface area (Å²) in [6.45, 7) is 4.84. The Bertz CT molecular complexity index is 1150. The molecule has 8 nitrogen and oxygen atoms in total. The quantitative estimate of drug-likeness (QED) is 0.462. The molecular weight excluding hydrogens is 415 g/mol. The normalized spacial score (nSPS) is 18.7. The number of ether oxygens (including phenoxy) is 2. The summed E-state index contributed by atoms with van der Waals surface area (Å²) in [7, 11) is 3.07. The number of rotatable bonds is 6. The third kappa shape index (κ3) is 4.13. The van der Waals surface area contributed by atoms with Crippen LogP contribution in [0.1, 0.15) is 13.8 Å². The van der Waals surface area contributed by atoms with Gasteiger partial charge in [-0.25, -0.2) is 14.4 Å². The lowest BCUT2D eigenvalue weighted by molar-refractivity contribution is 0.0219. The predicted molar refractivity (Wildman–Crippen MR) is 120 cm³/mol. The lowest BCUT2D eigenvalue weighted by Crippen LogP contribution is -2.42. The number of aliphatic hydroxyl groups is 1. The van der Waals surface area contributed by atoms with Gasteiger partial charge in [-0.3, -0.25) is 0 Å². The highest BCUT2D eigenvalue weighted by Gasteiger charge is 2.38. The molecule has 0 aliphatic carbocycles. The molecule has 0 amide bonds. The van der Waals surface area contributed by atoms with Crippen LogP contribution in [0.5, 0.6) is 17.2 Å². The van der Waals surface area contributed by atoms with Crippen molar-refractivity contribution in [3.63, 3.8) is 0 Å². The first-order valence-corrected chi connectivity index (χ1v) is 10.3. The van der Waals surface area contributed by atoms with Crippen molar-refractivity contribution in [3.8, 4) is 28.6 Å². The highest BCUT2D eigenvalue weighted by molar-refractivity contribution is 5.93. The Morgan fingerprint density at radius 2 is 1.81 bits per heavy atom. The minimum Gasteiger partial charge on any atom is -0.507 e. The molecule has 1 saturated heterocycles. The Kier molecular flexibility index (Phi) is 5.79. The topological polar surface area (TPSA) is 109 Å². The van der Waals surface area contributed by atoms with Crippen LogP contribution in [-0.2, 0) is 0 Å². The highest BCUT2D eigenvalue weighted by atomic mass is 19.1. The smallest absolute Gasteiger partial charge is 0.165 e. The Morgan fingerprint density at radius 3 is 2.50 bits per heavy atom. The molecule has 1 aliphatic rings. The van der Waals surface area contributed by atoms with Gasteiger partial charge >= 0.3 is 0 Å². The second-order valence-electron chi connectivity index (χ2n) is 8.45. The molecule has 0 saturated carbocycles. The van der Waals surface area contributed by atoms with E-state index >= 15 is 0 Å². The summed E-state index contributed by atoms with van der Waals surface area (Å²) in [6, 6.07) is 7.00. The highest BCUT2D eigenvalue weighted by Crippen LogP contribution is 2.37. The van der Waals surface area contributed by atoms with Gasteiger partial charge in [0.1, 0.15) is 17.4 Å². The summed E-state index contributed by atoms with van der Waals surface area (Å²) in [5.41, 5.74) is -0.202. The van der Waals surface area contributed by atoms with Crippen LogP contribution in [0.2, 0.25) is 0 Å². The molecule has 4 rings (SSSR count). The number of nitrogens with one attached hydrogen (secondary N) is 2. The van der Waals surface area contributed by atoms with Gasteiger partial charge in [-0.05, 0) is 38.1 Å². The fourth-order valence-electron chi connectivity index (χ4n) is 4.12. The summed E-state index contributed by atoms with van der Waals surface area (Å²) >= 11 is 0. The summed E-state index contributed by atoms with van der Waals surface area (Å²) in [4.78, 5) is 9.19. The monoisotopic (exact) mass is 442 g/mol. The zero-order chi connectivity index (χ0) is 23.0. The van der Waals surface area contributed by atoms with Gasteiger partial charge in [-0.15, -0.1) is 0 Å². The number of nitrogens with zero attached hydrogens (tertiary/aromatic N) is 2. The van der Waals surface area contributed by atoms with E-state index in [0.717, 1.165) is 0 Å². The largest absolute Gasteiger partial charge is 0.507 e. The standard InChI is InChI=1S/C23H27FN4O4/c1-23(2,30)15-10-25-11-17(15)27-21-13-8-19(31-3)20(32-4)9-16(13)26-22(28-21)14-7-12(24)5-6-18(14)29/h5-9,15,17,25,29-30H,10-11H2,1-4H3,(H,26,27,28)/t15-,17?/m1/s1. The number of anilines is 1. The Hall–Kier alpha value is -3.17. The van der Waals surface area contributed by atoms with Crippen LogP contribution >= 0.6 is 0 Å². The Labute approximate surface area is 185 Å². The van der Waals surface area contributed by atoms with E-state index in [2.05, 4.69) is 20.6 Å². The molecule has 1 unspecified atom stereocenters. The third-order valence-electron chi connectivity index (χ3n) is 5.84. The zero-order valence-electron chi connectivity index (χ0n) is 18.4. The van der Waals surface area contributed by atoms with Crippen molar-refractivity contribution in [3.05, 3.63) is 36.1 Å². The average molecular weight is 442 g/mol. The second kappa shape index (κ2) is 8.40. The van der Waals surface area contributed by atoms with Crippen LogP contribution in [0.4, 0.5) is 10.2 Å². The van der Waals surface area contributed by atoms with Gasteiger partial charge < -0.3 is 30.3 Å². The maximum atomic E-state index is 13.9. The fourth-order valence-corrected chi connectivity index (χ4v) is 4.12. The van der Waals surface area contributed by atoms with E-state index in [0.29, 0.717) is 41.3 Å². The van der Waals surface area contributed by atoms with Crippen molar-refractivity contribution in [2.45, 2.75) is 25.5 Å². The lowest BCUT2D eigenvalue weighted by atomic mass is 9.87. The first-order chi connectivity index (χ1) is 15.2. The molecule has 32 heavy (non-hydrogen) atoms. The fraction of sp³-hybridized carbons (Fsp3) is 0.391. The molecule has 1 aliphatic heterocycles. The van der Waals surface area contributed by atoms with Crippen molar-refractivity contribution in [2.75, 3.05) is 32.6 Å². The summed E-state index contributed by atoms with van der Waals surface area (Å²) in [6.07, 6.45) is 0. The van der Waals surface area contributed by atoms with Gasteiger partial charge in [-0.2, -0.15) is 0 Å². The van der Waals surface area contributed by atoms with Crippen LogP contribution in [0.25, 0.3) is 22.3 Å². The number of hydrogen-bond acceptors (Lipinski definition) is 8. The number of hydrogen-bond donors (Lipinski definition) is 4. The van der Waals surface area contributed by atoms with Gasteiger partial charge in [-0.1, -0.05) is 0 Å². The van der Waals surface area contributed by atoms with Gasteiger partial charge in [0.2, 0.25) is 0 Å². The molecule has 2 atom stereocenters. The van der Waals surface area contributed by atoms with Crippen LogP contribution in [0, 0.1) is 11.7 Å². The number of phenolic OH excluding ortho intramolecular Hbond substituents is 1. The number of methoxy groups -OCH3 is 2. The Morgan fingerprint density at radius 1 is 1.09 bits per heavy atom. The van der Waals surface area contributed by atoms with Gasteiger partial charge in [0.05, 0.1) is 30.9 Å². The number of halogens is 1. The molecule has 1 aromatic heterocycles. The number of aromatic hydroxyl groups is 1. The van der Waals surface area contributed by atoms with Crippen molar-refractivity contribution < 1.29 is 24.1 Å². The molecule has 9 heteroatoms. The van der Waals surface area contributed by atoms with Crippen LogP contribution < -0.4 is 20.1 Å². The van der Waals surface area contributed by atoms with Gasteiger partial charge in [0, 0.05) is 36.5 Å². The molecule has 0 bridgehead atoms. The zero-order valence-corrected chi connectivity index (χ0v) is 18.4. The maximum absolute atomic E-state index is 13.9. The number of phenols is 1. The van der Waals surface area contributed by atoms with Crippen LogP contribution in [0.15, 0.2) is 30.3 Å². The first-order valence-electron chi connectivity index (χ1n) is 10.3. The summed E-state index contributed by atoms with van der Waals surface area (Å²) in [5.74, 6) is 0.929. The molecule has 2 aromatic carbocycles. The Balaban J connectivity index is 1.89. The van der Waals surface area contributed by atoms with Crippen molar-refractivity contribution in [1.29, 1.82) is 0 Å². The van der Waals surface area contributed by atoms with E-state index in [1.54, 1.807) is 33.1 Å². The molecule has 0 radical (unpaired) electrons. The number of benzene rings is 2. The minimum absolute atomic E-state index is 0.0707. The van der Waals surface area contributed by atoms with Crippen molar-refractivity contribution in [2.24, 2.45) is 5.92 Å². The van der Waals surface area contributed by atoms with E-state index in [9.17, 15) is 14.6 Å². The van der Waals surface area contributed by atoms with E-state index in [1.807, 2.05) is 0 Å². The van der Waals surface area contributed by atoms with E-state index < -0.39 is 11.4 Å². The van der Waals surface area contributed by atoms with Gasteiger partial charge in [0.25, 0.3) is 0 Å². The second-order valence-corrected chi connectivity index (χ2v) is 8.45. The predicted octanol–water partition coefficient (Wildman–Crippen LogP) is 2.93. The third-order valence-corrected chi connectivity index (χ3v) is 5.84. The van der Waals surface area contributed by atoms with Crippen LogP contribution in [-0.4, -0.2) is 59.1 Å². The van der Waals surface area contributed by atoms with Crippen molar-refractivity contribution >= 4 is 16.7 Å². The average Bonchev–Trinajstić information content (AvgIpc) is 3.23. The minimum atomic E-state index is -0.908. The maximum Gasteiger partial charge on any atom is 0.165 e. The van der Waals surface area contributed by atoms with Crippen LogP contribution in [0.3, 0.4) is 0 Å². The SMILES string of the molecule is COc1cc2nc(-c3cc(F)ccc3O)nc(NC3CNC[C@H]3C(C)(C)O)c2cc1OC. The molecule has 1 fully saturated rings. The molecule has 170 valence electrons. The molecule has 2 heterocycles. The number of aromatic nitrogens is 2. The van der Waals surface area contributed by atoms with E-state index in [-0.39, 0.29) is 29.1 Å². The van der Waals surface area contributed by atoms with Crippen molar-refractivity contribution in [1.82, 2.24) is 15.3 Å². The van der Waals surface area contributed by atoms with Gasteiger partial charge in [0.15, 0.2) is 17.3 Å². The molecule has 3 aromatic rings.